The number of imidazole rings is 1. The van der Waals surface area contributed by atoms with Gasteiger partial charge in [0.1, 0.15) is 17.2 Å². The molecule has 1 heterocycles. The van der Waals surface area contributed by atoms with E-state index in [0.29, 0.717) is 39.3 Å². The zero-order valence-electron chi connectivity index (χ0n) is 16.0. The summed E-state index contributed by atoms with van der Waals surface area (Å²) in [5.41, 5.74) is 0.386. The van der Waals surface area contributed by atoms with Gasteiger partial charge < -0.3 is 10.4 Å². The minimum atomic E-state index is -1.20. The number of amides is 1. The first-order chi connectivity index (χ1) is 14.3. The van der Waals surface area contributed by atoms with Crippen LogP contribution in [0.1, 0.15) is 42.6 Å². The fourth-order valence-corrected chi connectivity index (χ4v) is 4.31. The number of aliphatic hydroxyl groups is 1. The molecular formula is C22H20Cl3N3O2. The molecule has 1 amide bonds. The zero-order chi connectivity index (χ0) is 21.3. The van der Waals surface area contributed by atoms with E-state index in [1.807, 2.05) is 12.1 Å². The number of halogens is 3. The van der Waals surface area contributed by atoms with Gasteiger partial charge in [0.05, 0.1) is 5.02 Å². The first-order valence-corrected chi connectivity index (χ1v) is 10.8. The highest BCUT2D eigenvalue weighted by Crippen LogP contribution is 2.32. The summed E-state index contributed by atoms with van der Waals surface area (Å²) in [6, 6.07) is 12.3. The van der Waals surface area contributed by atoms with Crippen molar-refractivity contribution >= 4 is 40.7 Å². The van der Waals surface area contributed by atoms with Crippen molar-refractivity contribution in [2.75, 3.05) is 0 Å². The molecule has 1 fully saturated rings. The number of nitrogens with zero attached hydrogens (tertiary/aromatic N) is 2. The second-order valence-electron chi connectivity index (χ2n) is 7.47. The molecule has 1 aromatic heterocycles. The van der Waals surface area contributed by atoms with Gasteiger partial charge in [-0.1, -0.05) is 41.2 Å². The van der Waals surface area contributed by atoms with Gasteiger partial charge in [0.25, 0.3) is 5.91 Å². The zero-order valence-corrected chi connectivity index (χ0v) is 18.3. The number of carbonyl (C=O) groups excluding carboxylic acids is 1. The van der Waals surface area contributed by atoms with Gasteiger partial charge in [-0.25, -0.2) is 4.98 Å². The predicted octanol–water partition coefficient (Wildman–Crippen LogP) is 5.88. The van der Waals surface area contributed by atoms with E-state index >= 15 is 0 Å². The Morgan fingerprint density at radius 1 is 1.00 bits per heavy atom. The van der Waals surface area contributed by atoms with Gasteiger partial charge >= 0.3 is 0 Å². The summed E-state index contributed by atoms with van der Waals surface area (Å²) in [5.74, 6) is 0.0539. The summed E-state index contributed by atoms with van der Waals surface area (Å²) < 4.78 is 1.77. The Hall–Kier alpha value is -2.05. The van der Waals surface area contributed by atoms with E-state index in [1.165, 1.54) is 0 Å². The standard InChI is InChI=1S/C22H20Cl3N3O2/c23-14-4-7-16(8-5-14)28-13-19(21(29)27-22(30)10-2-1-3-11-22)26-20(28)17-9-6-15(24)12-18(17)25/h4-9,12-13,30H,1-3,10-11H2,(H,27,29). The van der Waals surface area contributed by atoms with Crippen molar-refractivity contribution in [2.24, 2.45) is 0 Å². The summed E-state index contributed by atoms with van der Waals surface area (Å²) in [5, 5.41) is 15.0. The van der Waals surface area contributed by atoms with Gasteiger partial charge in [-0.2, -0.15) is 0 Å². The topological polar surface area (TPSA) is 67.2 Å². The maximum atomic E-state index is 12.9. The minimum Gasteiger partial charge on any atom is -0.371 e. The summed E-state index contributed by atoms with van der Waals surface area (Å²) >= 11 is 18.5. The fourth-order valence-electron chi connectivity index (χ4n) is 3.69. The molecule has 1 aliphatic rings. The SMILES string of the molecule is O=C(NC1(O)CCCCC1)c1cn(-c2ccc(Cl)cc2)c(-c2ccc(Cl)cc2Cl)n1. The number of hydrogen-bond acceptors (Lipinski definition) is 3. The molecule has 2 aromatic carbocycles. The Balaban J connectivity index is 1.75. The molecule has 8 heteroatoms. The average molecular weight is 465 g/mol. The van der Waals surface area contributed by atoms with Crippen LogP contribution in [0.15, 0.2) is 48.7 Å². The molecule has 1 aliphatic carbocycles. The van der Waals surface area contributed by atoms with Crippen LogP contribution in [0.4, 0.5) is 0 Å². The van der Waals surface area contributed by atoms with Gasteiger partial charge in [0.2, 0.25) is 0 Å². The van der Waals surface area contributed by atoms with Crippen molar-refractivity contribution in [3.8, 4) is 17.1 Å². The Bertz CT molecular complexity index is 1070. The van der Waals surface area contributed by atoms with Crippen molar-refractivity contribution in [1.82, 2.24) is 14.9 Å². The molecule has 2 N–H and O–H groups in total. The van der Waals surface area contributed by atoms with E-state index in [9.17, 15) is 9.90 Å². The second-order valence-corrected chi connectivity index (χ2v) is 8.75. The van der Waals surface area contributed by atoms with Crippen LogP contribution in [0.25, 0.3) is 17.1 Å². The quantitative estimate of drug-likeness (QED) is 0.474. The third-order valence-corrected chi connectivity index (χ3v) is 6.04. The summed E-state index contributed by atoms with van der Waals surface area (Å²) in [4.78, 5) is 17.5. The number of rotatable bonds is 4. The number of carbonyl (C=O) groups is 1. The van der Waals surface area contributed by atoms with Crippen LogP contribution in [-0.2, 0) is 0 Å². The van der Waals surface area contributed by atoms with Crippen LogP contribution in [-0.4, -0.2) is 26.3 Å². The van der Waals surface area contributed by atoms with Crippen LogP contribution in [0.3, 0.4) is 0 Å². The van der Waals surface area contributed by atoms with Crippen LogP contribution in [0.5, 0.6) is 0 Å². The van der Waals surface area contributed by atoms with Gasteiger partial charge in [-0.3, -0.25) is 9.36 Å². The van der Waals surface area contributed by atoms with Crippen molar-refractivity contribution in [2.45, 2.75) is 37.8 Å². The number of nitrogens with one attached hydrogen (secondary N) is 1. The highest BCUT2D eigenvalue weighted by atomic mass is 35.5. The molecule has 0 aliphatic heterocycles. The van der Waals surface area contributed by atoms with E-state index in [4.69, 9.17) is 34.8 Å². The molecule has 5 nitrogen and oxygen atoms in total. The van der Waals surface area contributed by atoms with E-state index in [-0.39, 0.29) is 5.69 Å². The van der Waals surface area contributed by atoms with Crippen molar-refractivity contribution < 1.29 is 9.90 Å². The molecule has 3 aromatic rings. The maximum Gasteiger partial charge on any atom is 0.273 e. The van der Waals surface area contributed by atoms with Gasteiger partial charge in [0.15, 0.2) is 0 Å². The molecule has 156 valence electrons. The van der Waals surface area contributed by atoms with E-state index in [2.05, 4.69) is 10.3 Å². The van der Waals surface area contributed by atoms with Gasteiger partial charge in [-0.15, -0.1) is 0 Å². The third-order valence-electron chi connectivity index (χ3n) is 5.24. The van der Waals surface area contributed by atoms with Gasteiger partial charge in [-0.05, 0) is 68.1 Å². The highest BCUT2D eigenvalue weighted by molar-refractivity contribution is 6.36. The monoisotopic (exact) mass is 463 g/mol. The largest absolute Gasteiger partial charge is 0.371 e. The molecule has 1 saturated carbocycles. The smallest absolute Gasteiger partial charge is 0.273 e. The molecule has 0 radical (unpaired) electrons. The van der Waals surface area contributed by atoms with Crippen LogP contribution in [0, 0.1) is 0 Å². The Labute approximate surface area is 189 Å². The van der Waals surface area contributed by atoms with Crippen molar-refractivity contribution in [3.63, 3.8) is 0 Å². The Morgan fingerprint density at radius 3 is 2.33 bits per heavy atom. The molecule has 30 heavy (non-hydrogen) atoms. The van der Waals surface area contributed by atoms with Crippen LogP contribution >= 0.6 is 34.8 Å². The first kappa shape index (κ1) is 21.2. The van der Waals surface area contributed by atoms with Crippen molar-refractivity contribution in [1.29, 1.82) is 0 Å². The number of hydrogen-bond donors (Lipinski definition) is 2. The summed E-state index contributed by atoms with van der Waals surface area (Å²) in [7, 11) is 0. The molecule has 0 atom stereocenters. The average Bonchev–Trinajstić information content (AvgIpc) is 3.14. The first-order valence-electron chi connectivity index (χ1n) is 9.70. The van der Waals surface area contributed by atoms with Crippen molar-refractivity contribution in [3.05, 3.63) is 69.4 Å². The highest BCUT2D eigenvalue weighted by Gasteiger charge is 2.32. The lowest BCUT2D eigenvalue weighted by molar-refractivity contribution is -0.0221. The molecule has 0 bridgehead atoms. The Morgan fingerprint density at radius 2 is 1.67 bits per heavy atom. The molecular weight excluding hydrogens is 445 g/mol. The lowest BCUT2D eigenvalue weighted by Gasteiger charge is -2.32. The maximum absolute atomic E-state index is 12.9. The molecule has 0 saturated heterocycles. The third kappa shape index (κ3) is 4.49. The summed E-state index contributed by atoms with van der Waals surface area (Å²) in [6.07, 6.45) is 5.51. The summed E-state index contributed by atoms with van der Waals surface area (Å²) in [6.45, 7) is 0. The molecule has 0 spiro atoms. The number of benzene rings is 2. The second kappa shape index (κ2) is 8.60. The van der Waals surface area contributed by atoms with Crippen LogP contribution in [0.2, 0.25) is 15.1 Å². The fraction of sp³-hybridized carbons (Fsp3) is 0.273. The lowest BCUT2D eigenvalue weighted by atomic mass is 9.92. The molecule has 0 unspecified atom stereocenters. The predicted molar refractivity (Wildman–Crippen MR) is 120 cm³/mol. The normalized spacial score (nSPS) is 15.7. The van der Waals surface area contributed by atoms with E-state index in [0.717, 1.165) is 24.9 Å². The lowest BCUT2D eigenvalue weighted by Crippen LogP contribution is -2.49. The molecule has 4 rings (SSSR count). The Kier molecular flexibility index (Phi) is 6.07. The minimum absolute atomic E-state index is 0.185. The van der Waals surface area contributed by atoms with Crippen LogP contribution < -0.4 is 5.32 Å². The van der Waals surface area contributed by atoms with E-state index < -0.39 is 11.6 Å². The van der Waals surface area contributed by atoms with E-state index in [1.54, 1.807) is 41.1 Å². The number of aromatic nitrogens is 2. The van der Waals surface area contributed by atoms with Gasteiger partial charge in [0, 0.05) is 27.5 Å².